The maximum absolute atomic E-state index is 6.15. The average Bonchev–Trinajstić information content (AvgIpc) is 2.40. The molecule has 1 aromatic heterocycles. The molecule has 94 valence electrons. The first kappa shape index (κ1) is 13.1. The Hall–Kier alpha value is -1.38. The molecule has 0 aliphatic carbocycles. The molecule has 2 rings (SSSR count). The summed E-state index contributed by atoms with van der Waals surface area (Å²) < 4.78 is 0. The Labute approximate surface area is 113 Å². The third-order valence-electron chi connectivity index (χ3n) is 2.87. The summed E-state index contributed by atoms with van der Waals surface area (Å²) in [7, 11) is 2.10. The van der Waals surface area contributed by atoms with Crippen molar-refractivity contribution >= 4 is 11.6 Å². The SMILES string of the molecule is CN(CCc1ccccn1)Cc1ccccc1Cl. The number of likely N-dealkylation sites (N-methyl/N-ethyl adjacent to an activating group) is 1. The van der Waals surface area contributed by atoms with Gasteiger partial charge in [-0.2, -0.15) is 0 Å². The highest BCUT2D eigenvalue weighted by Gasteiger charge is 2.04. The number of hydrogen-bond donors (Lipinski definition) is 0. The highest BCUT2D eigenvalue weighted by atomic mass is 35.5. The van der Waals surface area contributed by atoms with E-state index in [1.54, 1.807) is 0 Å². The molecule has 0 spiro atoms. The Balaban J connectivity index is 1.86. The fourth-order valence-corrected chi connectivity index (χ4v) is 2.04. The van der Waals surface area contributed by atoms with E-state index >= 15 is 0 Å². The highest BCUT2D eigenvalue weighted by molar-refractivity contribution is 6.31. The standard InChI is InChI=1S/C15H17ClN2/c1-18(11-9-14-7-4-5-10-17-14)12-13-6-2-3-8-15(13)16/h2-8,10H,9,11-12H2,1H3. The molecule has 18 heavy (non-hydrogen) atoms. The Morgan fingerprint density at radius 1 is 1.11 bits per heavy atom. The Bertz CT molecular complexity index is 485. The maximum Gasteiger partial charge on any atom is 0.0451 e. The molecule has 1 heterocycles. The van der Waals surface area contributed by atoms with Crippen LogP contribution in [0.2, 0.25) is 5.02 Å². The van der Waals surface area contributed by atoms with E-state index in [0.717, 1.165) is 30.2 Å². The molecular weight excluding hydrogens is 244 g/mol. The smallest absolute Gasteiger partial charge is 0.0451 e. The average molecular weight is 261 g/mol. The maximum atomic E-state index is 6.15. The molecule has 0 amide bonds. The molecule has 0 unspecified atom stereocenters. The second-order valence-corrected chi connectivity index (χ2v) is 4.81. The van der Waals surface area contributed by atoms with E-state index in [9.17, 15) is 0 Å². The van der Waals surface area contributed by atoms with E-state index in [-0.39, 0.29) is 0 Å². The molecule has 3 heteroatoms. The van der Waals surface area contributed by atoms with Gasteiger partial charge in [0.25, 0.3) is 0 Å². The van der Waals surface area contributed by atoms with Gasteiger partial charge in [-0.05, 0) is 30.8 Å². The van der Waals surface area contributed by atoms with Crippen molar-refractivity contribution in [2.24, 2.45) is 0 Å². The lowest BCUT2D eigenvalue weighted by Crippen LogP contribution is -2.21. The zero-order chi connectivity index (χ0) is 12.8. The first-order chi connectivity index (χ1) is 8.75. The molecule has 0 aliphatic heterocycles. The normalized spacial score (nSPS) is 10.8. The molecule has 0 N–H and O–H groups in total. The number of nitrogens with zero attached hydrogens (tertiary/aromatic N) is 2. The second-order valence-electron chi connectivity index (χ2n) is 4.40. The van der Waals surface area contributed by atoms with Crippen LogP contribution in [-0.2, 0) is 13.0 Å². The van der Waals surface area contributed by atoms with Crippen molar-refractivity contribution in [3.05, 3.63) is 64.9 Å². The minimum absolute atomic E-state index is 0.835. The van der Waals surface area contributed by atoms with E-state index in [2.05, 4.69) is 29.1 Å². The van der Waals surface area contributed by atoms with Crippen LogP contribution in [0.15, 0.2) is 48.7 Å². The summed E-state index contributed by atoms with van der Waals surface area (Å²) in [6, 6.07) is 14.0. The van der Waals surface area contributed by atoms with Crippen LogP contribution in [0.25, 0.3) is 0 Å². The van der Waals surface area contributed by atoms with Crippen LogP contribution in [0, 0.1) is 0 Å². The topological polar surface area (TPSA) is 16.1 Å². The van der Waals surface area contributed by atoms with Crippen molar-refractivity contribution in [3.63, 3.8) is 0 Å². The summed E-state index contributed by atoms with van der Waals surface area (Å²) >= 11 is 6.15. The second kappa shape index (κ2) is 6.53. The lowest BCUT2D eigenvalue weighted by Gasteiger charge is -2.17. The van der Waals surface area contributed by atoms with Gasteiger partial charge in [0.05, 0.1) is 0 Å². The minimum Gasteiger partial charge on any atom is -0.302 e. The Morgan fingerprint density at radius 3 is 2.61 bits per heavy atom. The van der Waals surface area contributed by atoms with E-state index in [1.807, 2.05) is 36.5 Å². The van der Waals surface area contributed by atoms with Crippen LogP contribution in [0.4, 0.5) is 0 Å². The zero-order valence-corrected chi connectivity index (χ0v) is 11.3. The van der Waals surface area contributed by atoms with Crippen LogP contribution in [-0.4, -0.2) is 23.5 Å². The molecule has 0 fully saturated rings. The van der Waals surface area contributed by atoms with Crippen molar-refractivity contribution < 1.29 is 0 Å². The molecule has 2 nitrogen and oxygen atoms in total. The van der Waals surface area contributed by atoms with E-state index < -0.39 is 0 Å². The largest absolute Gasteiger partial charge is 0.302 e. The van der Waals surface area contributed by atoms with Gasteiger partial charge in [0, 0.05) is 36.4 Å². The van der Waals surface area contributed by atoms with Crippen LogP contribution in [0.3, 0.4) is 0 Å². The van der Waals surface area contributed by atoms with Crippen molar-refractivity contribution in [2.75, 3.05) is 13.6 Å². The van der Waals surface area contributed by atoms with Crippen molar-refractivity contribution in [3.8, 4) is 0 Å². The van der Waals surface area contributed by atoms with Crippen LogP contribution >= 0.6 is 11.6 Å². The summed E-state index contributed by atoms with van der Waals surface area (Å²) in [6.07, 6.45) is 2.80. The summed E-state index contributed by atoms with van der Waals surface area (Å²) in [4.78, 5) is 6.58. The van der Waals surface area contributed by atoms with Crippen LogP contribution < -0.4 is 0 Å². The van der Waals surface area contributed by atoms with Gasteiger partial charge in [0.15, 0.2) is 0 Å². The third-order valence-corrected chi connectivity index (χ3v) is 3.24. The quantitative estimate of drug-likeness (QED) is 0.819. The summed E-state index contributed by atoms with van der Waals surface area (Å²) in [5.74, 6) is 0. The fraction of sp³-hybridized carbons (Fsp3) is 0.267. The lowest BCUT2D eigenvalue weighted by atomic mass is 10.2. The molecular formula is C15H17ClN2. The predicted octanol–water partition coefficient (Wildman–Crippen LogP) is 3.41. The van der Waals surface area contributed by atoms with E-state index in [4.69, 9.17) is 11.6 Å². The summed E-state index contributed by atoms with van der Waals surface area (Å²) in [5.41, 5.74) is 2.30. The molecule has 0 bridgehead atoms. The van der Waals surface area contributed by atoms with Crippen LogP contribution in [0.1, 0.15) is 11.3 Å². The van der Waals surface area contributed by atoms with Gasteiger partial charge < -0.3 is 4.90 Å². The first-order valence-corrected chi connectivity index (χ1v) is 6.45. The fourth-order valence-electron chi connectivity index (χ4n) is 1.85. The van der Waals surface area contributed by atoms with Gasteiger partial charge >= 0.3 is 0 Å². The Morgan fingerprint density at radius 2 is 1.89 bits per heavy atom. The van der Waals surface area contributed by atoms with Crippen LogP contribution in [0.5, 0.6) is 0 Å². The van der Waals surface area contributed by atoms with Gasteiger partial charge in [0.2, 0.25) is 0 Å². The number of hydrogen-bond acceptors (Lipinski definition) is 2. The number of aromatic nitrogens is 1. The Kier molecular flexibility index (Phi) is 4.73. The van der Waals surface area contributed by atoms with Gasteiger partial charge in [-0.3, -0.25) is 4.98 Å². The predicted molar refractivity (Wildman–Crippen MR) is 75.7 cm³/mol. The number of pyridine rings is 1. The zero-order valence-electron chi connectivity index (χ0n) is 10.5. The minimum atomic E-state index is 0.835. The summed E-state index contributed by atoms with van der Waals surface area (Å²) in [6.45, 7) is 1.84. The molecule has 0 aliphatic rings. The molecule has 0 radical (unpaired) electrons. The van der Waals surface area contributed by atoms with E-state index in [1.165, 1.54) is 5.56 Å². The third kappa shape index (κ3) is 3.83. The molecule has 0 saturated carbocycles. The van der Waals surface area contributed by atoms with Gasteiger partial charge in [-0.1, -0.05) is 35.9 Å². The lowest BCUT2D eigenvalue weighted by molar-refractivity contribution is 0.330. The highest BCUT2D eigenvalue weighted by Crippen LogP contribution is 2.16. The molecule has 0 atom stereocenters. The van der Waals surface area contributed by atoms with Crippen molar-refractivity contribution in [1.29, 1.82) is 0 Å². The van der Waals surface area contributed by atoms with Crippen molar-refractivity contribution in [1.82, 2.24) is 9.88 Å². The number of rotatable bonds is 5. The molecule has 1 aromatic carbocycles. The molecule has 0 saturated heterocycles. The van der Waals surface area contributed by atoms with E-state index in [0.29, 0.717) is 0 Å². The van der Waals surface area contributed by atoms with Gasteiger partial charge in [-0.15, -0.1) is 0 Å². The molecule has 2 aromatic rings. The number of benzene rings is 1. The first-order valence-electron chi connectivity index (χ1n) is 6.07. The van der Waals surface area contributed by atoms with Gasteiger partial charge in [0.1, 0.15) is 0 Å². The monoisotopic (exact) mass is 260 g/mol. The van der Waals surface area contributed by atoms with Crippen molar-refractivity contribution in [2.45, 2.75) is 13.0 Å². The summed E-state index contributed by atoms with van der Waals surface area (Å²) in [5, 5.41) is 0.835. The number of halogens is 1. The van der Waals surface area contributed by atoms with Gasteiger partial charge in [-0.25, -0.2) is 0 Å².